The van der Waals surface area contributed by atoms with Crippen LogP contribution in [0.15, 0.2) is 36.5 Å². The maximum Gasteiger partial charge on any atom is 0.148 e. The standard InChI is InChI=1S/C25H28ClFN4O2/c1-4-19-24(23-18(26)13-16(32-3)14-28-23)29-20(5-2)25(30-19)31-22-17-9-7-6-8-15(17)12-21(22)33-11-10-27/h6-9,13-14,21-22H,4-5,10-12H2,1-3H3,(H,30,31). The minimum atomic E-state index is -0.510. The van der Waals surface area contributed by atoms with Gasteiger partial charge in [0.2, 0.25) is 0 Å². The van der Waals surface area contributed by atoms with E-state index in [1.54, 1.807) is 19.4 Å². The van der Waals surface area contributed by atoms with E-state index in [-0.39, 0.29) is 18.8 Å². The van der Waals surface area contributed by atoms with Crippen LogP contribution in [0.4, 0.5) is 10.2 Å². The van der Waals surface area contributed by atoms with Crippen LogP contribution in [-0.4, -0.2) is 41.4 Å². The minimum absolute atomic E-state index is 0.0733. The van der Waals surface area contributed by atoms with Gasteiger partial charge in [-0.25, -0.2) is 19.3 Å². The zero-order valence-corrected chi connectivity index (χ0v) is 19.8. The van der Waals surface area contributed by atoms with Crippen molar-refractivity contribution in [1.82, 2.24) is 15.0 Å². The molecule has 0 saturated heterocycles. The van der Waals surface area contributed by atoms with Gasteiger partial charge in [-0.3, -0.25) is 0 Å². The quantitative estimate of drug-likeness (QED) is 0.452. The third-order valence-corrected chi connectivity index (χ3v) is 6.16. The second kappa shape index (κ2) is 10.4. The number of ether oxygens (including phenoxy) is 2. The summed E-state index contributed by atoms with van der Waals surface area (Å²) >= 11 is 6.50. The molecule has 2 unspecified atom stereocenters. The van der Waals surface area contributed by atoms with Gasteiger partial charge in [0.15, 0.2) is 0 Å². The van der Waals surface area contributed by atoms with Gasteiger partial charge in [-0.15, -0.1) is 0 Å². The van der Waals surface area contributed by atoms with E-state index in [2.05, 4.69) is 22.4 Å². The molecule has 0 aliphatic heterocycles. The summed E-state index contributed by atoms with van der Waals surface area (Å²) in [4.78, 5) is 14.3. The lowest BCUT2D eigenvalue weighted by Gasteiger charge is -2.24. The van der Waals surface area contributed by atoms with Crippen molar-refractivity contribution in [3.8, 4) is 17.1 Å². The highest BCUT2D eigenvalue weighted by Gasteiger charge is 2.34. The second-order valence-corrected chi connectivity index (χ2v) is 8.26. The van der Waals surface area contributed by atoms with Crippen molar-refractivity contribution in [1.29, 1.82) is 0 Å². The number of nitrogens with one attached hydrogen (secondary N) is 1. The molecular weight excluding hydrogens is 443 g/mol. The fraction of sp³-hybridized carbons (Fsp3) is 0.400. The monoisotopic (exact) mass is 470 g/mol. The first kappa shape index (κ1) is 23.4. The largest absolute Gasteiger partial charge is 0.495 e. The molecule has 33 heavy (non-hydrogen) atoms. The molecule has 3 aromatic rings. The van der Waals surface area contributed by atoms with Crippen molar-refractivity contribution in [2.75, 3.05) is 25.7 Å². The van der Waals surface area contributed by atoms with Gasteiger partial charge < -0.3 is 14.8 Å². The number of rotatable bonds is 9. The highest BCUT2D eigenvalue weighted by Crippen LogP contribution is 2.37. The van der Waals surface area contributed by atoms with E-state index in [9.17, 15) is 4.39 Å². The van der Waals surface area contributed by atoms with E-state index in [0.717, 1.165) is 23.4 Å². The summed E-state index contributed by atoms with van der Waals surface area (Å²) in [6, 6.07) is 9.79. The molecule has 0 amide bonds. The molecule has 1 aliphatic rings. The zero-order valence-electron chi connectivity index (χ0n) is 19.1. The summed E-state index contributed by atoms with van der Waals surface area (Å²) in [5.74, 6) is 1.29. The molecule has 1 N–H and O–H groups in total. The summed E-state index contributed by atoms with van der Waals surface area (Å²) in [6.07, 6.45) is 3.51. The van der Waals surface area contributed by atoms with E-state index in [4.69, 9.17) is 31.0 Å². The van der Waals surface area contributed by atoms with Gasteiger partial charge in [-0.05, 0) is 24.0 Å². The Morgan fingerprint density at radius 3 is 2.61 bits per heavy atom. The third kappa shape index (κ3) is 4.80. The Labute approximate surface area is 198 Å². The van der Waals surface area contributed by atoms with E-state index < -0.39 is 6.67 Å². The van der Waals surface area contributed by atoms with Crippen molar-refractivity contribution < 1.29 is 13.9 Å². The molecule has 1 aromatic carbocycles. The summed E-state index contributed by atoms with van der Waals surface area (Å²) in [6.45, 7) is 3.62. The maximum absolute atomic E-state index is 12.8. The van der Waals surface area contributed by atoms with Gasteiger partial charge in [0.25, 0.3) is 0 Å². The molecule has 1 aliphatic carbocycles. The van der Waals surface area contributed by atoms with Crippen LogP contribution >= 0.6 is 11.6 Å². The Hall–Kier alpha value is -2.77. The maximum atomic E-state index is 12.8. The van der Waals surface area contributed by atoms with Crippen molar-refractivity contribution >= 4 is 17.4 Å². The van der Waals surface area contributed by atoms with Crippen molar-refractivity contribution in [2.24, 2.45) is 0 Å². The average Bonchev–Trinajstić information content (AvgIpc) is 3.19. The number of nitrogens with zero attached hydrogens (tertiary/aromatic N) is 3. The van der Waals surface area contributed by atoms with E-state index >= 15 is 0 Å². The number of pyridine rings is 1. The Morgan fingerprint density at radius 2 is 1.91 bits per heavy atom. The number of methoxy groups -OCH3 is 1. The summed E-state index contributed by atoms with van der Waals surface area (Å²) in [5, 5.41) is 4.03. The molecule has 0 fully saturated rings. The van der Waals surface area contributed by atoms with Crippen LogP contribution in [0, 0.1) is 0 Å². The van der Waals surface area contributed by atoms with Crippen LogP contribution in [0.3, 0.4) is 0 Å². The number of alkyl halides is 1. The Bertz CT molecular complexity index is 1130. The molecule has 2 heterocycles. The fourth-order valence-corrected chi connectivity index (χ4v) is 4.48. The number of aromatic nitrogens is 3. The lowest BCUT2D eigenvalue weighted by Crippen LogP contribution is -2.27. The molecule has 174 valence electrons. The predicted octanol–water partition coefficient (Wildman–Crippen LogP) is 5.39. The molecular formula is C25H28ClFN4O2. The number of hydrogen-bond donors (Lipinski definition) is 1. The van der Waals surface area contributed by atoms with Crippen LogP contribution in [-0.2, 0) is 24.0 Å². The topological polar surface area (TPSA) is 69.2 Å². The molecule has 0 bridgehead atoms. The molecule has 6 nitrogen and oxygen atoms in total. The summed E-state index contributed by atoms with van der Waals surface area (Å²) in [7, 11) is 1.58. The number of anilines is 1. The number of fused-ring (bicyclic) bond motifs is 1. The van der Waals surface area contributed by atoms with Gasteiger partial charge in [-0.2, -0.15) is 0 Å². The van der Waals surface area contributed by atoms with Gasteiger partial charge in [0.05, 0.1) is 48.5 Å². The number of hydrogen-bond acceptors (Lipinski definition) is 6. The Kier molecular flexibility index (Phi) is 7.40. The van der Waals surface area contributed by atoms with Crippen LogP contribution in [0.2, 0.25) is 5.02 Å². The van der Waals surface area contributed by atoms with Crippen molar-refractivity contribution in [3.05, 3.63) is 64.1 Å². The summed E-state index contributed by atoms with van der Waals surface area (Å²) < 4.78 is 23.9. The molecule has 4 rings (SSSR count). The highest BCUT2D eigenvalue weighted by molar-refractivity contribution is 6.33. The first-order valence-electron chi connectivity index (χ1n) is 11.2. The van der Waals surface area contributed by atoms with Crippen LogP contribution in [0.5, 0.6) is 5.75 Å². The van der Waals surface area contributed by atoms with Crippen LogP contribution < -0.4 is 10.1 Å². The first-order valence-corrected chi connectivity index (χ1v) is 11.6. The number of aryl methyl sites for hydroxylation is 2. The van der Waals surface area contributed by atoms with E-state index in [1.165, 1.54) is 5.56 Å². The first-order chi connectivity index (χ1) is 16.1. The smallest absolute Gasteiger partial charge is 0.148 e. The van der Waals surface area contributed by atoms with Crippen LogP contribution in [0.1, 0.15) is 42.4 Å². The molecule has 0 radical (unpaired) electrons. The highest BCUT2D eigenvalue weighted by atomic mass is 35.5. The molecule has 0 saturated carbocycles. The average molecular weight is 471 g/mol. The van der Waals surface area contributed by atoms with Crippen molar-refractivity contribution in [2.45, 2.75) is 45.3 Å². The number of halogens is 2. The third-order valence-electron chi connectivity index (χ3n) is 5.87. The lowest BCUT2D eigenvalue weighted by atomic mass is 10.1. The normalized spacial score (nSPS) is 17.1. The molecule has 8 heteroatoms. The lowest BCUT2D eigenvalue weighted by molar-refractivity contribution is 0.0393. The second-order valence-electron chi connectivity index (χ2n) is 7.85. The predicted molar refractivity (Wildman–Crippen MR) is 128 cm³/mol. The SMILES string of the molecule is CCc1nc(-c2ncc(OC)cc2Cl)c(CC)nc1NC1c2ccccc2CC1OCCF. The van der Waals surface area contributed by atoms with Gasteiger partial charge >= 0.3 is 0 Å². The van der Waals surface area contributed by atoms with Gasteiger partial charge in [0, 0.05) is 12.5 Å². The van der Waals surface area contributed by atoms with Gasteiger partial charge in [-0.1, -0.05) is 49.7 Å². The molecule has 2 atom stereocenters. The molecule has 2 aromatic heterocycles. The minimum Gasteiger partial charge on any atom is -0.495 e. The van der Waals surface area contributed by atoms with E-state index in [1.807, 2.05) is 26.0 Å². The number of benzene rings is 1. The Morgan fingerprint density at radius 1 is 1.12 bits per heavy atom. The van der Waals surface area contributed by atoms with E-state index in [0.29, 0.717) is 40.8 Å². The van der Waals surface area contributed by atoms with Crippen LogP contribution in [0.25, 0.3) is 11.4 Å². The summed E-state index contributed by atoms with van der Waals surface area (Å²) in [5.41, 5.74) is 5.20. The fourth-order valence-electron chi connectivity index (χ4n) is 4.24. The van der Waals surface area contributed by atoms with Crippen molar-refractivity contribution in [3.63, 3.8) is 0 Å². The van der Waals surface area contributed by atoms with Gasteiger partial charge in [0.1, 0.15) is 29.6 Å². The zero-order chi connectivity index (χ0) is 23.4. The Balaban J connectivity index is 1.72. The molecule has 0 spiro atoms.